The van der Waals surface area contributed by atoms with Crippen LogP contribution in [-0.4, -0.2) is 36.0 Å². The Labute approximate surface area is 81.4 Å². The molecule has 1 rings (SSSR count). The minimum atomic E-state index is 1.00. The minimum absolute atomic E-state index is 1.00. The summed E-state index contributed by atoms with van der Waals surface area (Å²) in [5.74, 6) is 0. The fourth-order valence-electron chi connectivity index (χ4n) is 1.39. The standard InChI is InChI=1S/C10H21N3/c1-3-5-7-12-9-11-13(10-12)8-6-4-2/h9H,3-8,10H2,1-2H3. The van der Waals surface area contributed by atoms with Crippen LogP contribution in [0.3, 0.4) is 0 Å². The van der Waals surface area contributed by atoms with Gasteiger partial charge in [-0.1, -0.05) is 26.7 Å². The zero-order chi connectivity index (χ0) is 9.52. The Kier molecular flexibility index (Phi) is 4.65. The number of hydrogen-bond donors (Lipinski definition) is 0. The van der Waals surface area contributed by atoms with Gasteiger partial charge in [-0.05, 0) is 12.8 Å². The molecule has 1 aliphatic heterocycles. The van der Waals surface area contributed by atoms with Crippen LogP contribution in [0.4, 0.5) is 0 Å². The first kappa shape index (κ1) is 10.4. The predicted molar refractivity (Wildman–Crippen MR) is 56.6 cm³/mol. The SMILES string of the molecule is CCCCN1C=NN(CCCC)C1. The van der Waals surface area contributed by atoms with Crippen LogP contribution in [0.25, 0.3) is 0 Å². The van der Waals surface area contributed by atoms with E-state index in [1.807, 2.05) is 6.34 Å². The van der Waals surface area contributed by atoms with Crippen molar-refractivity contribution in [3.8, 4) is 0 Å². The van der Waals surface area contributed by atoms with Crippen molar-refractivity contribution in [1.29, 1.82) is 0 Å². The third-order valence-electron chi connectivity index (χ3n) is 2.29. The van der Waals surface area contributed by atoms with E-state index >= 15 is 0 Å². The molecule has 0 saturated carbocycles. The number of unbranched alkanes of at least 4 members (excludes halogenated alkanes) is 2. The fraction of sp³-hybridized carbons (Fsp3) is 0.900. The Morgan fingerprint density at radius 2 is 1.85 bits per heavy atom. The molecule has 0 bridgehead atoms. The molecule has 3 heteroatoms. The summed E-state index contributed by atoms with van der Waals surface area (Å²) in [6.45, 7) is 7.70. The lowest BCUT2D eigenvalue weighted by Crippen LogP contribution is -2.28. The maximum atomic E-state index is 4.34. The summed E-state index contributed by atoms with van der Waals surface area (Å²) < 4.78 is 0. The Morgan fingerprint density at radius 3 is 2.54 bits per heavy atom. The predicted octanol–water partition coefficient (Wildman–Crippen LogP) is 2.10. The highest BCUT2D eigenvalue weighted by Crippen LogP contribution is 2.05. The number of hydrogen-bond acceptors (Lipinski definition) is 3. The zero-order valence-corrected chi connectivity index (χ0v) is 8.87. The third-order valence-corrected chi connectivity index (χ3v) is 2.29. The molecule has 0 saturated heterocycles. The van der Waals surface area contributed by atoms with E-state index < -0.39 is 0 Å². The Balaban J connectivity index is 2.10. The summed E-state index contributed by atoms with van der Waals surface area (Å²) in [6.07, 6.45) is 7.01. The fourth-order valence-corrected chi connectivity index (χ4v) is 1.39. The average Bonchev–Trinajstić information content (AvgIpc) is 2.59. The quantitative estimate of drug-likeness (QED) is 0.628. The van der Waals surface area contributed by atoms with E-state index in [0.29, 0.717) is 0 Å². The molecule has 0 aliphatic carbocycles. The second kappa shape index (κ2) is 5.84. The molecule has 0 spiro atoms. The first-order valence-corrected chi connectivity index (χ1v) is 5.40. The summed E-state index contributed by atoms with van der Waals surface area (Å²) in [6, 6.07) is 0. The van der Waals surface area contributed by atoms with Crippen LogP contribution in [0.15, 0.2) is 5.10 Å². The third kappa shape index (κ3) is 3.66. The highest BCUT2D eigenvalue weighted by molar-refractivity contribution is 5.55. The molecule has 13 heavy (non-hydrogen) atoms. The monoisotopic (exact) mass is 183 g/mol. The molecule has 3 nitrogen and oxygen atoms in total. The van der Waals surface area contributed by atoms with Crippen LogP contribution in [0.2, 0.25) is 0 Å². The molecule has 1 heterocycles. The lowest BCUT2D eigenvalue weighted by atomic mass is 10.3. The number of nitrogens with zero attached hydrogens (tertiary/aromatic N) is 3. The second-order valence-electron chi connectivity index (χ2n) is 3.62. The largest absolute Gasteiger partial charge is 0.342 e. The first-order chi connectivity index (χ1) is 6.36. The van der Waals surface area contributed by atoms with Crippen LogP contribution < -0.4 is 0 Å². The van der Waals surface area contributed by atoms with Gasteiger partial charge in [-0.2, -0.15) is 5.10 Å². The van der Waals surface area contributed by atoms with Gasteiger partial charge in [-0.3, -0.25) is 5.01 Å². The van der Waals surface area contributed by atoms with E-state index in [2.05, 4.69) is 28.9 Å². The van der Waals surface area contributed by atoms with Gasteiger partial charge in [0.2, 0.25) is 0 Å². The maximum Gasteiger partial charge on any atom is 0.113 e. The van der Waals surface area contributed by atoms with Crippen LogP contribution >= 0.6 is 0 Å². The summed E-state index contributed by atoms with van der Waals surface area (Å²) in [5.41, 5.74) is 0. The van der Waals surface area contributed by atoms with Crippen molar-refractivity contribution < 1.29 is 0 Å². The van der Waals surface area contributed by atoms with Gasteiger partial charge in [0.05, 0.1) is 0 Å². The summed E-state index contributed by atoms with van der Waals surface area (Å²) >= 11 is 0. The highest BCUT2D eigenvalue weighted by atomic mass is 15.6. The highest BCUT2D eigenvalue weighted by Gasteiger charge is 2.11. The number of hydrazone groups is 1. The molecular weight excluding hydrogens is 162 g/mol. The molecule has 0 fully saturated rings. The molecule has 1 aliphatic rings. The van der Waals surface area contributed by atoms with Crippen molar-refractivity contribution in [2.45, 2.75) is 39.5 Å². The van der Waals surface area contributed by atoms with E-state index in [0.717, 1.165) is 19.8 Å². The van der Waals surface area contributed by atoms with Crippen LogP contribution in [0.1, 0.15) is 39.5 Å². The number of rotatable bonds is 6. The van der Waals surface area contributed by atoms with Crippen molar-refractivity contribution in [3.05, 3.63) is 0 Å². The van der Waals surface area contributed by atoms with Crippen LogP contribution in [0.5, 0.6) is 0 Å². The molecule has 0 aromatic carbocycles. The van der Waals surface area contributed by atoms with E-state index in [1.54, 1.807) is 0 Å². The summed E-state index contributed by atoms with van der Waals surface area (Å²) in [5, 5.41) is 6.49. The molecule has 0 unspecified atom stereocenters. The van der Waals surface area contributed by atoms with E-state index in [9.17, 15) is 0 Å². The molecule has 0 N–H and O–H groups in total. The van der Waals surface area contributed by atoms with Gasteiger partial charge < -0.3 is 4.90 Å². The Morgan fingerprint density at radius 1 is 1.15 bits per heavy atom. The van der Waals surface area contributed by atoms with Gasteiger partial charge in [-0.15, -0.1) is 0 Å². The Bertz CT molecular complexity index is 140. The zero-order valence-electron chi connectivity index (χ0n) is 8.87. The van der Waals surface area contributed by atoms with Crippen LogP contribution in [0, 0.1) is 0 Å². The normalized spacial score (nSPS) is 15.8. The van der Waals surface area contributed by atoms with E-state index in [4.69, 9.17) is 0 Å². The van der Waals surface area contributed by atoms with Crippen LogP contribution in [-0.2, 0) is 0 Å². The topological polar surface area (TPSA) is 18.8 Å². The molecule has 0 radical (unpaired) electrons. The van der Waals surface area contributed by atoms with Gasteiger partial charge >= 0.3 is 0 Å². The Hall–Kier alpha value is -0.730. The minimum Gasteiger partial charge on any atom is -0.342 e. The van der Waals surface area contributed by atoms with E-state index in [-0.39, 0.29) is 0 Å². The lowest BCUT2D eigenvalue weighted by molar-refractivity contribution is 0.231. The van der Waals surface area contributed by atoms with Gasteiger partial charge in [0.25, 0.3) is 0 Å². The molecule has 0 aromatic heterocycles. The van der Waals surface area contributed by atoms with Crippen molar-refractivity contribution >= 4 is 6.34 Å². The molecular formula is C10H21N3. The lowest BCUT2D eigenvalue weighted by Gasteiger charge is -2.18. The van der Waals surface area contributed by atoms with E-state index in [1.165, 1.54) is 25.7 Å². The van der Waals surface area contributed by atoms with Crippen molar-refractivity contribution in [2.75, 3.05) is 19.8 Å². The first-order valence-electron chi connectivity index (χ1n) is 5.40. The molecule has 0 aromatic rings. The van der Waals surface area contributed by atoms with Gasteiger partial charge in [0.1, 0.15) is 13.0 Å². The molecule has 76 valence electrons. The average molecular weight is 183 g/mol. The summed E-state index contributed by atoms with van der Waals surface area (Å²) in [7, 11) is 0. The van der Waals surface area contributed by atoms with Crippen molar-refractivity contribution in [3.63, 3.8) is 0 Å². The summed E-state index contributed by atoms with van der Waals surface area (Å²) in [4.78, 5) is 2.29. The molecule has 0 atom stereocenters. The maximum absolute atomic E-state index is 4.34. The van der Waals surface area contributed by atoms with Crippen molar-refractivity contribution in [1.82, 2.24) is 9.91 Å². The van der Waals surface area contributed by atoms with Crippen molar-refractivity contribution in [2.24, 2.45) is 5.10 Å². The smallest absolute Gasteiger partial charge is 0.113 e. The van der Waals surface area contributed by atoms with Gasteiger partial charge in [-0.25, -0.2) is 0 Å². The van der Waals surface area contributed by atoms with Gasteiger partial charge in [0.15, 0.2) is 0 Å². The molecule has 0 amide bonds. The van der Waals surface area contributed by atoms with Gasteiger partial charge in [0, 0.05) is 13.1 Å². The second-order valence-corrected chi connectivity index (χ2v) is 3.62.